The van der Waals surface area contributed by atoms with Gasteiger partial charge in [-0.2, -0.15) is 0 Å². The first-order valence-electron chi connectivity index (χ1n) is 5.06. The van der Waals surface area contributed by atoms with Gasteiger partial charge in [0.15, 0.2) is 5.76 Å². The van der Waals surface area contributed by atoms with Crippen molar-refractivity contribution in [2.75, 3.05) is 13.2 Å². The van der Waals surface area contributed by atoms with E-state index >= 15 is 0 Å². The van der Waals surface area contributed by atoms with Gasteiger partial charge in [0, 0.05) is 19.2 Å². The van der Waals surface area contributed by atoms with Crippen molar-refractivity contribution >= 4 is 5.78 Å². The number of carbonyl (C=O) groups is 1. The highest BCUT2D eigenvalue weighted by atomic mass is 16.3. The van der Waals surface area contributed by atoms with Gasteiger partial charge < -0.3 is 20.6 Å². The Balaban J connectivity index is 3.86. The highest BCUT2D eigenvalue weighted by Gasteiger charge is 2.13. The molecule has 5 heteroatoms. The first-order valence-corrected chi connectivity index (χ1v) is 5.06. The van der Waals surface area contributed by atoms with Crippen LogP contribution < -0.4 is 5.32 Å². The summed E-state index contributed by atoms with van der Waals surface area (Å²) in [6.07, 6.45) is 1.83. The fourth-order valence-corrected chi connectivity index (χ4v) is 0.911. The van der Waals surface area contributed by atoms with Crippen LogP contribution in [0.25, 0.3) is 0 Å². The van der Waals surface area contributed by atoms with Crippen LogP contribution in [0.2, 0.25) is 0 Å². The highest BCUT2D eigenvalue weighted by Crippen LogP contribution is 1.99. The predicted molar refractivity (Wildman–Crippen MR) is 56.3 cm³/mol. The predicted octanol–water partition coefficient (Wildman–Crippen LogP) is 0.0879. The molecule has 0 saturated heterocycles. The van der Waals surface area contributed by atoms with E-state index in [-0.39, 0.29) is 6.42 Å². The summed E-state index contributed by atoms with van der Waals surface area (Å²) < 4.78 is 0. The van der Waals surface area contributed by atoms with Crippen LogP contribution in [0.4, 0.5) is 0 Å². The molecular formula is C10H19NO4. The molecule has 0 rings (SSSR count). The van der Waals surface area contributed by atoms with Gasteiger partial charge in [-0.25, -0.2) is 0 Å². The molecule has 0 spiro atoms. The van der Waals surface area contributed by atoms with E-state index in [1.165, 1.54) is 6.20 Å². The smallest absolute Gasteiger partial charge is 0.201 e. The Kier molecular flexibility index (Phi) is 7.67. The molecule has 0 aliphatic carbocycles. The van der Waals surface area contributed by atoms with Crippen molar-refractivity contribution in [3.05, 3.63) is 12.0 Å². The molecule has 1 atom stereocenters. The summed E-state index contributed by atoms with van der Waals surface area (Å²) in [4.78, 5) is 11.1. The zero-order valence-corrected chi connectivity index (χ0v) is 8.94. The minimum absolute atomic E-state index is 0.270. The SMILES string of the molecule is CCCCN/C=C(\O)C(=O)C[C@H](O)CO. The average molecular weight is 217 g/mol. The molecule has 0 fully saturated rings. The summed E-state index contributed by atoms with van der Waals surface area (Å²) in [5.41, 5.74) is 0. The maximum absolute atomic E-state index is 11.1. The number of allylic oxidation sites excluding steroid dienone is 1. The summed E-state index contributed by atoms with van der Waals surface area (Å²) in [6, 6.07) is 0. The maximum atomic E-state index is 11.1. The average Bonchev–Trinajstić information content (AvgIpc) is 2.23. The van der Waals surface area contributed by atoms with Gasteiger partial charge in [0.1, 0.15) is 0 Å². The first-order chi connectivity index (χ1) is 7.11. The Morgan fingerprint density at radius 2 is 2.20 bits per heavy atom. The summed E-state index contributed by atoms with van der Waals surface area (Å²) in [6.45, 7) is 2.24. The van der Waals surface area contributed by atoms with Gasteiger partial charge in [0.25, 0.3) is 0 Å². The number of aliphatic hydroxyl groups excluding tert-OH is 3. The molecule has 0 heterocycles. The molecule has 4 N–H and O–H groups in total. The first kappa shape index (κ1) is 13.9. The summed E-state index contributed by atoms with van der Waals surface area (Å²) in [5.74, 6) is -1.00. The molecule has 15 heavy (non-hydrogen) atoms. The van der Waals surface area contributed by atoms with Gasteiger partial charge in [0.2, 0.25) is 5.78 Å². The van der Waals surface area contributed by atoms with Crippen molar-refractivity contribution in [1.82, 2.24) is 5.32 Å². The molecule has 0 amide bonds. The number of carbonyl (C=O) groups excluding carboxylic acids is 1. The second-order valence-electron chi connectivity index (χ2n) is 3.30. The molecule has 88 valence electrons. The third-order valence-corrected chi connectivity index (χ3v) is 1.83. The zero-order valence-electron chi connectivity index (χ0n) is 8.94. The van der Waals surface area contributed by atoms with E-state index in [0.717, 1.165) is 12.8 Å². The molecule has 0 aliphatic heterocycles. The van der Waals surface area contributed by atoms with E-state index in [0.29, 0.717) is 6.54 Å². The van der Waals surface area contributed by atoms with Crippen LogP contribution in [0, 0.1) is 0 Å². The van der Waals surface area contributed by atoms with Gasteiger partial charge in [-0.05, 0) is 6.42 Å². The lowest BCUT2D eigenvalue weighted by Gasteiger charge is -2.05. The van der Waals surface area contributed by atoms with Crippen molar-refractivity contribution < 1.29 is 20.1 Å². The van der Waals surface area contributed by atoms with Crippen molar-refractivity contribution in [1.29, 1.82) is 0 Å². The highest BCUT2D eigenvalue weighted by molar-refractivity contribution is 5.93. The lowest BCUT2D eigenvalue weighted by molar-refractivity contribution is -0.120. The second-order valence-corrected chi connectivity index (χ2v) is 3.30. The molecular weight excluding hydrogens is 198 g/mol. The largest absolute Gasteiger partial charge is 0.503 e. The van der Waals surface area contributed by atoms with Crippen molar-refractivity contribution in [2.24, 2.45) is 0 Å². The van der Waals surface area contributed by atoms with Crippen molar-refractivity contribution in [3.63, 3.8) is 0 Å². The lowest BCUT2D eigenvalue weighted by atomic mass is 10.1. The standard InChI is InChI=1S/C10H19NO4/c1-2-3-4-11-6-10(15)9(14)5-8(13)7-12/h6,8,11-13,15H,2-5,7H2,1H3/b10-6-/t8-/m0/s1. The van der Waals surface area contributed by atoms with Gasteiger partial charge in [-0.15, -0.1) is 0 Å². The molecule has 0 unspecified atom stereocenters. The Bertz CT molecular complexity index is 215. The van der Waals surface area contributed by atoms with E-state index in [9.17, 15) is 9.90 Å². The van der Waals surface area contributed by atoms with Crippen LogP contribution in [0.5, 0.6) is 0 Å². The molecule has 0 aromatic heterocycles. The van der Waals surface area contributed by atoms with Gasteiger partial charge in [0.05, 0.1) is 12.7 Å². The molecule has 0 radical (unpaired) electrons. The molecule has 0 aromatic rings. The van der Waals surface area contributed by atoms with Gasteiger partial charge in [-0.3, -0.25) is 4.79 Å². The molecule has 5 nitrogen and oxygen atoms in total. The van der Waals surface area contributed by atoms with Crippen LogP contribution in [0.15, 0.2) is 12.0 Å². The quantitative estimate of drug-likeness (QED) is 0.263. The normalized spacial score (nSPS) is 13.7. The fraction of sp³-hybridized carbons (Fsp3) is 0.700. The van der Waals surface area contributed by atoms with Gasteiger partial charge >= 0.3 is 0 Å². The molecule has 0 bridgehead atoms. The lowest BCUT2D eigenvalue weighted by Crippen LogP contribution is -2.19. The number of unbranched alkanes of at least 4 members (excludes halogenated alkanes) is 1. The van der Waals surface area contributed by atoms with Crippen LogP contribution >= 0.6 is 0 Å². The Hall–Kier alpha value is -1.07. The van der Waals surface area contributed by atoms with Crippen LogP contribution in [0.3, 0.4) is 0 Å². The number of hydrogen-bond acceptors (Lipinski definition) is 5. The monoisotopic (exact) mass is 217 g/mol. The fourth-order valence-electron chi connectivity index (χ4n) is 0.911. The number of rotatable bonds is 8. The van der Waals surface area contributed by atoms with Crippen LogP contribution in [-0.2, 0) is 4.79 Å². The van der Waals surface area contributed by atoms with E-state index in [2.05, 4.69) is 5.32 Å². The minimum Gasteiger partial charge on any atom is -0.503 e. The summed E-state index contributed by atoms with van der Waals surface area (Å²) in [5, 5.41) is 29.4. The summed E-state index contributed by atoms with van der Waals surface area (Å²) in [7, 11) is 0. The zero-order chi connectivity index (χ0) is 11.7. The Morgan fingerprint density at radius 3 is 2.73 bits per heavy atom. The number of ketones is 1. The third-order valence-electron chi connectivity index (χ3n) is 1.83. The number of aliphatic hydroxyl groups is 3. The van der Waals surface area contributed by atoms with Crippen LogP contribution in [-0.4, -0.2) is 40.4 Å². The number of hydrogen-bond donors (Lipinski definition) is 4. The van der Waals surface area contributed by atoms with Crippen molar-refractivity contribution in [2.45, 2.75) is 32.3 Å². The van der Waals surface area contributed by atoms with E-state index < -0.39 is 24.3 Å². The minimum atomic E-state index is -1.11. The Labute approximate surface area is 89.4 Å². The second kappa shape index (κ2) is 8.26. The van der Waals surface area contributed by atoms with Crippen LogP contribution in [0.1, 0.15) is 26.2 Å². The number of nitrogens with one attached hydrogen (secondary N) is 1. The van der Waals surface area contributed by atoms with Gasteiger partial charge in [-0.1, -0.05) is 13.3 Å². The van der Waals surface area contributed by atoms with E-state index in [1.54, 1.807) is 0 Å². The number of Topliss-reactive ketones (excluding diaryl/α,β-unsaturated/α-hetero) is 1. The topological polar surface area (TPSA) is 89.8 Å². The molecule has 0 aromatic carbocycles. The van der Waals surface area contributed by atoms with E-state index in [1.807, 2.05) is 6.92 Å². The maximum Gasteiger partial charge on any atom is 0.201 e. The van der Waals surface area contributed by atoms with E-state index in [4.69, 9.17) is 10.2 Å². The molecule has 0 saturated carbocycles. The summed E-state index contributed by atoms with van der Waals surface area (Å²) >= 11 is 0. The van der Waals surface area contributed by atoms with Crippen molar-refractivity contribution in [3.8, 4) is 0 Å². The molecule has 0 aliphatic rings. The Morgan fingerprint density at radius 1 is 1.53 bits per heavy atom. The third kappa shape index (κ3) is 6.93.